The summed E-state index contributed by atoms with van der Waals surface area (Å²) in [7, 11) is 0. The van der Waals surface area contributed by atoms with Crippen LogP contribution in [0.2, 0.25) is 5.02 Å². The number of hydrogen-bond acceptors (Lipinski definition) is 4. The van der Waals surface area contributed by atoms with Gasteiger partial charge >= 0.3 is 0 Å². The van der Waals surface area contributed by atoms with Crippen LogP contribution >= 0.6 is 11.6 Å². The third-order valence-electron chi connectivity index (χ3n) is 4.16. The first-order valence-electron chi connectivity index (χ1n) is 7.85. The molecule has 0 radical (unpaired) electrons. The number of anilines is 1. The molecule has 1 aliphatic heterocycles. The van der Waals surface area contributed by atoms with E-state index in [1.807, 2.05) is 36.4 Å². The van der Waals surface area contributed by atoms with E-state index in [1.54, 1.807) is 16.7 Å². The fraction of sp³-hybridized carbons (Fsp3) is 0.222. The summed E-state index contributed by atoms with van der Waals surface area (Å²) in [6.07, 6.45) is 0. The minimum absolute atomic E-state index is 0.0247. The second kappa shape index (κ2) is 6.17. The van der Waals surface area contributed by atoms with Crippen LogP contribution in [0.15, 0.2) is 53.3 Å². The topological polar surface area (TPSA) is 47.4 Å². The lowest BCUT2D eigenvalue weighted by Crippen LogP contribution is -2.27. The Morgan fingerprint density at radius 3 is 2.71 bits per heavy atom. The van der Waals surface area contributed by atoms with E-state index in [4.69, 9.17) is 16.3 Å². The Balaban J connectivity index is 1.51. The van der Waals surface area contributed by atoms with Crippen LogP contribution in [0.3, 0.4) is 0 Å². The van der Waals surface area contributed by atoms with Crippen LogP contribution < -0.4 is 15.2 Å². The summed E-state index contributed by atoms with van der Waals surface area (Å²) in [5, 5.41) is 1.35. The zero-order valence-electron chi connectivity index (χ0n) is 13.0. The summed E-state index contributed by atoms with van der Waals surface area (Å²) in [6, 6.07) is 14.7. The van der Waals surface area contributed by atoms with Gasteiger partial charge in [-0.2, -0.15) is 0 Å². The summed E-state index contributed by atoms with van der Waals surface area (Å²) < 4.78 is 7.48. The minimum atomic E-state index is 0.0247. The van der Waals surface area contributed by atoms with Gasteiger partial charge in [0.05, 0.1) is 17.4 Å². The molecule has 4 rings (SSSR count). The van der Waals surface area contributed by atoms with Gasteiger partial charge in [-0.25, -0.2) is 4.98 Å². The maximum atomic E-state index is 12.5. The van der Waals surface area contributed by atoms with Crippen LogP contribution in [0, 0.1) is 0 Å². The molecule has 1 aromatic heterocycles. The molecule has 24 heavy (non-hydrogen) atoms. The van der Waals surface area contributed by atoms with Gasteiger partial charge in [-0.3, -0.25) is 9.36 Å². The second-order valence-electron chi connectivity index (χ2n) is 5.68. The van der Waals surface area contributed by atoms with Gasteiger partial charge in [0.2, 0.25) is 5.95 Å². The van der Waals surface area contributed by atoms with Gasteiger partial charge in [0, 0.05) is 18.1 Å². The van der Waals surface area contributed by atoms with Crippen molar-refractivity contribution >= 4 is 28.5 Å². The Morgan fingerprint density at radius 1 is 1.08 bits per heavy atom. The summed E-state index contributed by atoms with van der Waals surface area (Å²) in [5.74, 6) is 1.50. The Morgan fingerprint density at radius 2 is 1.88 bits per heavy atom. The molecule has 0 N–H and O–H groups in total. The monoisotopic (exact) mass is 341 g/mol. The molecule has 0 amide bonds. The first kappa shape index (κ1) is 15.0. The molecule has 0 saturated carbocycles. The van der Waals surface area contributed by atoms with E-state index in [9.17, 15) is 4.79 Å². The van der Waals surface area contributed by atoms with Gasteiger partial charge in [0.25, 0.3) is 5.56 Å². The van der Waals surface area contributed by atoms with Gasteiger partial charge in [0.15, 0.2) is 0 Å². The van der Waals surface area contributed by atoms with Crippen molar-refractivity contribution in [1.82, 2.24) is 9.55 Å². The summed E-state index contributed by atoms with van der Waals surface area (Å²) in [4.78, 5) is 19.3. The maximum Gasteiger partial charge on any atom is 0.262 e. The van der Waals surface area contributed by atoms with Crippen molar-refractivity contribution in [2.45, 2.75) is 6.54 Å². The normalized spacial score (nSPS) is 13.3. The highest BCUT2D eigenvalue weighted by atomic mass is 35.5. The van der Waals surface area contributed by atoms with Crippen LogP contribution in [0.25, 0.3) is 10.9 Å². The van der Waals surface area contributed by atoms with Crippen LogP contribution in [0.1, 0.15) is 0 Å². The van der Waals surface area contributed by atoms with Crippen LogP contribution in [0.5, 0.6) is 5.75 Å². The molecule has 2 aromatic carbocycles. The predicted octanol–water partition coefficient (Wildman–Crippen LogP) is 2.95. The fourth-order valence-electron chi connectivity index (χ4n) is 2.94. The smallest absolute Gasteiger partial charge is 0.262 e. The molecule has 122 valence electrons. The van der Waals surface area contributed by atoms with Crippen molar-refractivity contribution in [1.29, 1.82) is 0 Å². The number of nitrogens with zero attached hydrogens (tertiary/aromatic N) is 3. The molecule has 5 nitrogen and oxygen atoms in total. The fourth-order valence-corrected chi connectivity index (χ4v) is 3.06. The van der Waals surface area contributed by atoms with Crippen molar-refractivity contribution in [2.24, 2.45) is 0 Å². The highest BCUT2D eigenvalue weighted by Gasteiger charge is 2.22. The zero-order valence-corrected chi connectivity index (χ0v) is 13.7. The minimum Gasteiger partial charge on any atom is -0.492 e. The van der Waals surface area contributed by atoms with E-state index in [-0.39, 0.29) is 5.56 Å². The van der Waals surface area contributed by atoms with Gasteiger partial charge in [-0.1, -0.05) is 23.7 Å². The quantitative estimate of drug-likeness (QED) is 0.732. The molecule has 1 aliphatic rings. The predicted molar refractivity (Wildman–Crippen MR) is 95.2 cm³/mol. The number of benzene rings is 2. The maximum absolute atomic E-state index is 12.5. The van der Waals surface area contributed by atoms with E-state index in [0.29, 0.717) is 30.1 Å². The van der Waals surface area contributed by atoms with Crippen molar-refractivity contribution in [3.63, 3.8) is 0 Å². The molecular weight excluding hydrogens is 326 g/mol. The van der Waals surface area contributed by atoms with Crippen molar-refractivity contribution in [3.8, 4) is 5.75 Å². The van der Waals surface area contributed by atoms with E-state index in [0.717, 1.165) is 23.8 Å². The van der Waals surface area contributed by atoms with Crippen molar-refractivity contribution in [2.75, 3.05) is 24.6 Å². The van der Waals surface area contributed by atoms with Gasteiger partial charge in [-0.15, -0.1) is 0 Å². The summed E-state index contributed by atoms with van der Waals surface area (Å²) >= 11 is 5.86. The molecule has 0 atom stereocenters. The lowest BCUT2D eigenvalue weighted by Gasteiger charge is -2.17. The van der Waals surface area contributed by atoms with E-state index >= 15 is 0 Å². The van der Waals surface area contributed by atoms with Crippen molar-refractivity contribution < 1.29 is 4.74 Å². The molecule has 0 aliphatic carbocycles. The van der Waals surface area contributed by atoms with Crippen molar-refractivity contribution in [3.05, 3.63) is 63.9 Å². The van der Waals surface area contributed by atoms with E-state index in [2.05, 4.69) is 9.88 Å². The highest BCUT2D eigenvalue weighted by Crippen LogP contribution is 2.20. The van der Waals surface area contributed by atoms with Gasteiger partial charge < -0.3 is 9.64 Å². The van der Waals surface area contributed by atoms with E-state index in [1.165, 1.54) is 0 Å². The van der Waals surface area contributed by atoms with Crippen LogP contribution in [0.4, 0.5) is 5.95 Å². The average molecular weight is 342 g/mol. The number of rotatable bonds is 4. The molecule has 2 heterocycles. The Kier molecular flexibility index (Phi) is 3.86. The van der Waals surface area contributed by atoms with E-state index < -0.39 is 0 Å². The molecular formula is C18H16ClN3O2. The van der Waals surface area contributed by atoms with Gasteiger partial charge in [-0.05, 0) is 36.4 Å². The number of fused-ring (bicyclic) bond motifs is 2. The number of ether oxygens (including phenoxy) is 1. The summed E-state index contributed by atoms with van der Waals surface area (Å²) in [6.45, 7) is 2.62. The molecule has 0 saturated heterocycles. The first-order chi connectivity index (χ1) is 11.7. The van der Waals surface area contributed by atoms with Crippen LogP contribution in [-0.4, -0.2) is 29.2 Å². The molecule has 0 bridgehead atoms. The zero-order chi connectivity index (χ0) is 16.5. The average Bonchev–Trinajstić information content (AvgIpc) is 3.00. The highest BCUT2D eigenvalue weighted by molar-refractivity contribution is 6.30. The third kappa shape index (κ3) is 2.71. The number of aromatic nitrogens is 2. The third-order valence-corrected chi connectivity index (χ3v) is 4.41. The Bertz CT molecular complexity index is 937. The number of halogens is 1. The van der Waals surface area contributed by atoms with Crippen LogP contribution in [-0.2, 0) is 6.54 Å². The molecule has 0 fully saturated rings. The molecule has 0 unspecified atom stereocenters. The SMILES string of the molecule is O=c1c2ccccc2nc2n1CCN2CCOc1ccc(Cl)cc1. The largest absolute Gasteiger partial charge is 0.492 e. The molecule has 0 spiro atoms. The number of hydrogen-bond donors (Lipinski definition) is 0. The van der Waals surface area contributed by atoms with Gasteiger partial charge in [0.1, 0.15) is 12.4 Å². The Hall–Kier alpha value is -2.53. The molecule has 6 heteroatoms. The molecule has 3 aromatic rings. The number of para-hydroxylation sites is 1. The second-order valence-corrected chi connectivity index (χ2v) is 6.11. The summed E-state index contributed by atoms with van der Waals surface area (Å²) in [5.41, 5.74) is 0.760. The standard InChI is InChI=1S/C18H16ClN3O2/c19-13-5-7-14(8-6-13)24-12-11-21-9-10-22-17(23)15-3-1-2-4-16(15)20-18(21)22/h1-8H,9-12H2. The lowest BCUT2D eigenvalue weighted by atomic mass is 10.2. The first-order valence-corrected chi connectivity index (χ1v) is 8.23. The lowest BCUT2D eigenvalue weighted by molar-refractivity contribution is 0.324. The Labute approximate surface area is 144 Å².